The monoisotopic (exact) mass is 570 g/mol. The summed E-state index contributed by atoms with van der Waals surface area (Å²) in [5.74, 6) is 0.513. The summed E-state index contributed by atoms with van der Waals surface area (Å²) in [6, 6.07) is 31.8. The molecule has 0 amide bonds. The molecule has 0 aliphatic heterocycles. The van der Waals surface area contributed by atoms with E-state index < -0.39 is 23.1 Å². The van der Waals surface area contributed by atoms with Crippen molar-refractivity contribution in [3.63, 3.8) is 0 Å². The molecule has 0 atom stereocenters. The Morgan fingerprint density at radius 1 is 0.500 bits per heavy atom. The molecule has 0 heterocycles. The summed E-state index contributed by atoms with van der Waals surface area (Å²) in [5, 5.41) is 0. The van der Waals surface area contributed by atoms with Crippen molar-refractivity contribution in [1.29, 1.82) is 0 Å². The van der Waals surface area contributed by atoms with Crippen LogP contribution in [0.2, 0.25) is 0 Å². The molecule has 0 spiro atoms. The van der Waals surface area contributed by atoms with Crippen LogP contribution < -0.4 is 9.47 Å². The van der Waals surface area contributed by atoms with E-state index in [-0.39, 0.29) is 11.1 Å². The van der Waals surface area contributed by atoms with Crippen molar-refractivity contribution < 1.29 is 38.6 Å². The van der Waals surface area contributed by atoms with Crippen LogP contribution in [-0.2, 0) is 19.6 Å². The van der Waals surface area contributed by atoms with Crippen LogP contribution in [-0.4, -0.2) is 23.1 Å². The molecule has 218 valence electrons. The van der Waals surface area contributed by atoms with E-state index in [1.165, 1.54) is 0 Å². The first-order valence-corrected chi connectivity index (χ1v) is 13.6. The second-order valence-electron chi connectivity index (χ2n) is 10.8. The molecule has 8 nitrogen and oxygen atoms in total. The van der Waals surface area contributed by atoms with Gasteiger partial charge in [-0.2, -0.15) is 9.78 Å². The average Bonchev–Trinajstić information content (AvgIpc) is 3.00. The highest BCUT2D eigenvalue weighted by Gasteiger charge is 2.30. The van der Waals surface area contributed by atoms with Crippen LogP contribution in [0.4, 0.5) is 0 Å². The first kappa shape index (κ1) is 30.3. The van der Waals surface area contributed by atoms with Crippen LogP contribution in [0.25, 0.3) is 0 Å². The van der Waals surface area contributed by atoms with Crippen LogP contribution >= 0.6 is 0 Å². The average molecular weight is 571 g/mol. The van der Waals surface area contributed by atoms with Gasteiger partial charge in [0.05, 0.1) is 0 Å². The van der Waals surface area contributed by atoms with E-state index in [1.54, 1.807) is 100 Å². The molecule has 0 bridgehead atoms. The van der Waals surface area contributed by atoms with Crippen LogP contribution in [0.5, 0.6) is 23.0 Å². The van der Waals surface area contributed by atoms with Gasteiger partial charge in [-0.1, -0.05) is 60.7 Å². The highest BCUT2D eigenvalue weighted by atomic mass is 17.2. The van der Waals surface area contributed by atoms with Gasteiger partial charge in [-0.3, -0.25) is 9.78 Å². The van der Waals surface area contributed by atoms with Crippen molar-refractivity contribution in [2.75, 3.05) is 0 Å². The maximum Gasteiger partial charge on any atom is 0.376 e. The Balaban J connectivity index is 1.28. The Kier molecular flexibility index (Phi) is 9.96. The fraction of sp³-hybridized carbons (Fsp3) is 0.235. The second kappa shape index (κ2) is 13.8. The zero-order chi connectivity index (χ0) is 30.0. The van der Waals surface area contributed by atoms with E-state index in [2.05, 4.69) is 0 Å². The minimum atomic E-state index is -0.869. The van der Waals surface area contributed by atoms with Gasteiger partial charge in [-0.25, -0.2) is 9.59 Å². The van der Waals surface area contributed by atoms with Gasteiger partial charge in [0.25, 0.3) is 0 Å². The normalized spacial score (nSPS) is 11.4. The molecule has 8 heteroatoms. The van der Waals surface area contributed by atoms with Crippen molar-refractivity contribution in [2.45, 2.75) is 51.7 Å². The van der Waals surface area contributed by atoms with E-state index in [4.69, 9.17) is 29.0 Å². The molecule has 0 N–H and O–H groups in total. The first-order valence-electron chi connectivity index (χ1n) is 13.6. The van der Waals surface area contributed by atoms with Gasteiger partial charge in [0.2, 0.25) is 0 Å². The highest BCUT2D eigenvalue weighted by Crippen LogP contribution is 2.30. The SMILES string of the molecule is CC(C)(CCC(C)(C)OOC(=O)c1ccccc1Oc1ccccc1)OOC(=O)c1ccccc1Oc1ccccc1. The van der Waals surface area contributed by atoms with Crippen LogP contribution in [0, 0.1) is 0 Å². The van der Waals surface area contributed by atoms with Crippen molar-refractivity contribution >= 4 is 11.9 Å². The Morgan fingerprint density at radius 2 is 0.833 bits per heavy atom. The molecule has 4 rings (SSSR count). The third-order valence-corrected chi connectivity index (χ3v) is 6.17. The molecule has 0 unspecified atom stereocenters. The Hall–Kier alpha value is -4.66. The highest BCUT2D eigenvalue weighted by molar-refractivity contribution is 5.92. The molecule has 4 aromatic rings. The third-order valence-electron chi connectivity index (χ3n) is 6.17. The molecule has 0 aromatic heterocycles. The summed E-state index contributed by atoms with van der Waals surface area (Å²) in [6.07, 6.45) is 0.835. The summed E-state index contributed by atoms with van der Waals surface area (Å²) in [5.41, 5.74) is -1.29. The molecule has 0 saturated heterocycles. The van der Waals surface area contributed by atoms with E-state index in [9.17, 15) is 9.59 Å². The number of rotatable bonds is 13. The van der Waals surface area contributed by atoms with Crippen molar-refractivity contribution in [3.05, 3.63) is 120 Å². The molecular formula is C34H34O8. The topological polar surface area (TPSA) is 89.5 Å². The predicted octanol–water partition coefficient (Wildman–Crippen LogP) is 8.49. The smallest absolute Gasteiger partial charge is 0.376 e. The molecular weight excluding hydrogens is 536 g/mol. The van der Waals surface area contributed by atoms with Gasteiger partial charge in [-0.15, -0.1) is 0 Å². The molecule has 4 aromatic carbocycles. The Labute approximate surface area is 245 Å². The number of ether oxygens (including phenoxy) is 2. The van der Waals surface area contributed by atoms with E-state index in [1.807, 2.05) is 36.4 Å². The van der Waals surface area contributed by atoms with Gasteiger partial charge in [0.15, 0.2) is 0 Å². The lowest BCUT2D eigenvalue weighted by molar-refractivity contribution is -0.325. The van der Waals surface area contributed by atoms with Gasteiger partial charge in [0, 0.05) is 0 Å². The molecule has 0 radical (unpaired) electrons. The fourth-order valence-corrected chi connectivity index (χ4v) is 3.76. The minimum Gasteiger partial charge on any atom is -0.456 e. The number of hydrogen-bond donors (Lipinski definition) is 0. The summed E-state index contributed by atoms with van der Waals surface area (Å²) in [4.78, 5) is 47.1. The maximum atomic E-state index is 12.8. The number of para-hydroxylation sites is 4. The lowest BCUT2D eigenvalue weighted by Crippen LogP contribution is -2.33. The van der Waals surface area contributed by atoms with Gasteiger partial charge in [0.1, 0.15) is 45.3 Å². The summed E-state index contributed by atoms with van der Waals surface area (Å²) < 4.78 is 11.7. The van der Waals surface area contributed by atoms with E-state index in [0.29, 0.717) is 35.8 Å². The van der Waals surface area contributed by atoms with Gasteiger partial charge < -0.3 is 9.47 Å². The van der Waals surface area contributed by atoms with Crippen LogP contribution in [0.1, 0.15) is 61.3 Å². The predicted molar refractivity (Wildman–Crippen MR) is 156 cm³/mol. The Morgan fingerprint density at radius 3 is 1.21 bits per heavy atom. The summed E-state index contributed by atoms with van der Waals surface area (Å²) in [7, 11) is 0. The van der Waals surface area contributed by atoms with Crippen molar-refractivity contribution in [3.8, 4) is 23.0 Å². The van der Waals surface area contributed by atoms with Crippen molar-refractivity contribution in [2.24, 2.45) is 0 Å². The largest absolute Gasteiger partial charge is 0.456 e. The summed E-state index contributed by atoms with van der Waals surface area (Å²) >= 11 is 0. The fourth-order valence-electron chi connectivity index (χ4n) is 3.76. The number of benzene rings is 4. The standard InChI is InChI=1S/C34H34O8/c1-33(2,41-39-31(35)27-19-11-13-21-29(27)37-25-15-7-5-8-16-25)23-24-34(3,4)42-40-32(36)28-20-12-14-22-30(28)38-26-17-9-6-10-18-26/h5-22H,23-24H2,1-4H3. The van der Waals surface area contributed by atoms with Gasteiger partial charge in [-0.05, 0) is 89.1 Å². The van der Waals surface area contributed by atoms with Crippen LogP contribution in [0.15, 0.2) is 109 Å². The second-order valence-corrected chi connectivity index (χ2v) is 10.8. The molecule has 0 fully saturated rings. The lowest BCUT2D eigenvalue weighted by atomic mass is 9.94. The Bertz CT molecular complexity index is 1350. The van der Waals surface area contributed by atoms with Gasteiger partial charge >= 0.3 is 11.9 Å². The zero-order valence-corrected chi connectivity index (χ0v) is 24.1. The maximum absolute atomic E-state index is 12.8. The lowest BCUT2D eigenvalue weighted by Gasteiger charge is -2.28. The quantitative estimate of drug-likeness (QED) is 0.117. The molecule has 42 heavy (non-hydrogen) atoms. The molecule has 0 aliphatic rings. The van der Waals surface area contributed by atoms with E-state index in [0.717, 1.165) is 0 Å². The number of carbonyl (C=O) groups excluding carboxylic acids is 2. The first-order chi connectivity index (χ1) is 20.1. The summed E-state index contributed by atoms with van der Waals surface area (Å²) in [6.45, 7) is 7.13. The number of hydrogen-bond acceptors (Lipinski definition) is 8. The van der Waals surface area contributed by atoms with Crippen LogP contribution in [0.3, 0.4) is 0 Å². The minimum absolute atomic E-state index is 0.226. The van der Waals surface area contributed by atoms with Crippen molar-refractivity contribution in [1.82, 2.24) is 0 Å². The molecule has 0 saturated carbocycles. The zero-order valence-electron chi connectivity index (χ0n) is 24.1. The number of carbonyl (C=O) groups is 2. The van der Waals surface area contributed by atoms with E-state index >= 15 is 0 Å². The molecule has 0 aliphatic carbocycles. The third kappa shape index (κ3) is 8.92.